The molecule has 72 valence electrons. The molecule has 0 aliphatic rings. The molecule has 1 aromatic carbocycles. The minimum Gasteiger partial charge on any atom is -0.345 e. The number of Topliss-reactive ketones (excluding diaryl/α,β-unsaturated/α-hetero) is 1. The summed E-state index contributed by atoms with van der Waals surface area (Å²) in [6.45, 7) is 3.80. The van der Waals surface area contributed by atoms with Crippen LogP contribution in [-0.2, 0) is 0 Å². The number of rotatable bonds is 2. The molecule has 0 saturated heterocycles. The van der Waals surface area contributed by atoms with Crippen LogP contribution >= 0.6 is 0 Å². The second-order valence-corrected chi connectivity index (χ2v) is 3.65. The fourth-order valence-corrected chi connectivity index (χ4v) is 1.42. The van der Waals surface area contributed by atoms with Crippen molar-refractivity contribution in [2.75, 3.05) is 0 Å². The number of carbonyl (C=O) groups is 1. The first-order valence-corrected chi connectivity index (χ1v) is 4.66. The van der Waals surface area contributed by atoms with Crippen molar-refractivity contribution in [1.29, 1.82) is 0 Å². The maximum Gasteiger partial charge on any atom is 0.165 e. The van der Waals surface area contributed by atoms with Crippen LogP contribution in [-0.4, -0.2) is 15.8 Å². The van der Waals surface area contributed by atoms with E-state index in [-0.39, 0.29) is 11.7 Å². The van der Waals surface area contributed by atoms with E-state index in [1.807, 2.05) is 32.0 Å². The molecule has 2 aromatic rings. The highest BCUT2D eigenvalue weighted by Gasteiger charge is 2.10. The Labute approximate surface area is 82.2 Å². The number of nitrogens with zero attached hydrogens (tertiary/aromatic N) is 1. The Balaban J connectivity index is 2.48. The number of imidazole rings is 1. The minimum atomic E-state index is 0.0374. The number of carbonyl (C=O) groups excluding carboxylic acids is 1. The number of aromatic amines is 1. The lowest BCUT2D eigenvalue weighted by atomic mass is 10.0. The molecular formula is C11H12N2O. The molecule has 1 heterocycles. The highest BCUT2D eigenvalue weighted by molar-refractivity contribution is 5.99. The highest BCUT2D eigenvalue weighted by Crippen LogP contribution is 2.14. The number of H-pyrrole nitrogens is 1. The van der Waals surface area contributed by atoms with Gasteiger partial charge in [0.1, 0.15) is 0 Å². The van der Waals surface area contributed by atoms with Gasteiger partial charge in [-0.2, -0.15) is 0 Å². The number of nitrogens with one attached hydrogen (secondary N) is 1. The Bertz CT molecular complexity index is 471. The molecule has 0 radical (unpaired) electrons. The summed E-state index contributed by atoms with van der Waals surface area (Å²) in [5.41, 5.74) is 2.55. The molecule has 0 amide bonds. The van der Waals surface area contributed by atoms with Crippen LogP contribution in [0.4, 0.5) is 0 Å². The van der Waals surface area contributed by atoms with Crippen molar-refractivity contribution in [3.63, 3.8) is 0 Å². The third-order valence-electron chi connectivity index (χ3n) is 2.23. The van der Waals surface area contributed by atoms with E-state index in [1.54, 1.807) is 6.33 Å². The van der Waals surface area contributed by atoms with Crippen LogP contribution < -0.4 is 0 Å². The zero-order valence-electron chi connectivity index (χ0n) is 8.24. The summed E-state index contributed by atoms with van der Waals surface area (Å²) in [6, 6.07) is 5.54. The smallest absolute Gasteiger partial charge is 0.165 e. The number of aromatic nitrogens is 2. The molecule has 0 bridgehead atoms. The first kappa shape index (κ1) is 8.94. The molecule has 0 fully saturated rings. The highest BCUT2D eigenvalue weighted by atomic mass is 16.1. The largest absolute Gasteiger partial charge is 0.345 e. The van der Waals surface area contributed by atoms with E-state index in [4.69, 9.17) is 0 Å². The van der Waals surface area contributed by atoms with Crippen LogP contribution in [0, 0.1) is 5.92 Å². The van der Waals surface area contributed by atoms with E-state index in [9.17, 15) is 4.79 Å². The van der Waals surface area contributed by atoms with Crippen LogP contribution in [0.3, 0.4) is 0 Å². The molecule has 14 heavy (non-hydrogen) atoms. The average molecular weight is 188 g/mol. The van der Waals surface area contributed by atoms with Crippen molar-refractivity contribution in [3.05, 3.63) is 30.1 Å². The topological polar surface area (TPSA) is 45.8 Å². The van der Waals surface area contributed by atoms with Gasteiger partial charge in [-0.25, -0.2) is 4.98 Å². The van der Waals surface area contributed by atoms with Crippen molar-refractivity contribution in [2.45, 2.75) is 13.8 Å². The normalized spacial score (nSPS) is 11.1. The zero-order valence-corrected chi connectivity index (χ0v) is 8.24. The average Bonchev–Trinajstić information content (AvgIpc) is 2.62. The maximum absolute atomic E-state index is 11.7. The predicted molar refractivity (Wildman–Crippen MR) is 55.3 cm³/mol. The summed E-state index contributed by atoms with van der Waals surface area (Å²) in [7, 11) is 0. The van der Waals surface area contributed by atoms with Crippen LogP contribution in [0.1, 0.15) is 24.2 Å². The predicted octanol–water partition coefficient (Wildman–Crippen LogP) is 2.40. The lowest BCUT2D eigenvalue weighted by Gasteiger charge is -2.03. The fourth-order valence-electron chi connectivity index (χ4n) is 1.42. The molecule has 0 unspecified atom stereocenters. The minimum absolute atomic E-state index is 0.0374. The van der Waals surface area contributed by atoms with Gasteiger partial charge in [0.2, 0.25) is 0 Å². The summed E-state index contributed by atoms with van der Waals surface area (Å²) in [4.78, 5) is 18.8. The van der Waals surface area contributed by atoms with Gasteiger partial charge in [0, 0.05) is 11.5 Å². The molecule has 3 nitrogen and oxygen atoms in total. The number of benzene rings is 1. The third-order valence-corrected chi connectivity index (χ3v) is 2.23. The van der Waals surface area contributed by atoms with Crippen molar-refractivity contribution in [1.82, 2.24) is 9.97 Å². The molecule has 0 saturated carbocycles. The number of hydrogen-bond donors (Lipinski definition) is 1. The van der Waals surface area contributed by atoms with E-state index < -0.39 is 0 Å². The van der Waals surface area contributed by atoms with Crippen LogP contribution in [0.15, 0.2) is 24.5 Å². The Morgan fingerprint density at radius 3 is 2.93 bits per heavy atom. The van der Waals surface area contributed by atoms with Crippen molar-refractivity contribution in [3.8, 4) is 0 Å². The molecule has 1 aromatic heterocycles. The first-order chi connectivity index (χ1) is 6.68. The lowest BCUT2D eigenvalue weighted by molar-refractivity contribution is 0.0939. The Kier molecular flexibility index (Phi) is 2.08. The third kappa shape index (κ3) is 1.41. The standard InChI is InChI=1S/C11H12N2O/c1-7(2)11(14)8-3-4-9-10(5-8)13-6-12-9/h3-7H,1-2H3,(H,12,13). The van der Waals surface area contributed by atoms with Gasteiger partial charge in [0.15, 0.2) is 5.78 Å². The Morgan fingerprint density at radius 2 is 2.21 bits per heavy atom. The van der Waals surface area contributed by atoms with E-state index >= 15 is 0 Å². The van der Waals surface area contributed by atoms with E-state index in [1.165, 1.54) is 0 Å². The quantitative estimate of drug-likeness (QED) is 0.735. The van der Waals surface area contributed by atoms with E-state index in [2.05, 4.69) is 9.97 Å². The van der Waals surface area contributed by atoms with Gasteiger partial charge in [0.25, 0.3) is 0 Å². The van der Waals surface area contributed by atoms with Crippen molar-refractivity contribution >= 4 is 16.8 Å². The molecule has 0 aliphatic carbocycles. The van der Waals surface area contributed by atoms with Crippen LogP contribution in [0.25, 0.3) is 11.0 Å². The van der Waals surface area contributed by atoms with Crippen molar-refractivity contribution < 1.29 is 4.79 Å². The van der Waals surface area contributed by atoms with Gasteiger partial charge < -0.3 is 4.98 Å². The summed E-state index contributed by atoms with van der Waals surface area (Å²) < 4.78 is 0. The molecule has 0 aliphatic heterocycles. The van der Waals surface area contributed by atoms with Crippen LogP contribution in [0.5, 0.6) is 0 Å². The van der Waals surface area contributed by atoms with Gasteiger partial charge in [-0.1, -0.05) is 13.8 Å². The molecule has 2 rings (SSSR count). The zero-order chi connectivity index (χ0) is 10.1. The van der Waals surface area contributed by atoms with Crippen molar-refractivity contribution in [2.24, 2.45) is 5.92 Å². The molecule has 0 atom stereocenters. The summed E-state index contributed by atoms with van der Waals surface area (Å²) >= 11 is 0. The number of ketones is 1. The second kappa shape index (κ2) is 3.25. The molecule has 3 heteroatoms. The summed E-state index contributed by atoms with van der Waals surface area (Å²) in [5.74, 6) is 0.205. The molecule has 0 spiro atoms. The van der Waals surface area contributed by atoms with Gasteiger partial charge >= 0.3 is 0 Å². The van der Waals surface area contributed by atoms with E-state index in [0.717, 1.165) is 16.6 Å². The molecule has 1 N–H and O–H groups in total. The first-order valence-electron chi connectivity index (χ1n) is 4.66. The van der Waals surface area contributed by atoms with Crippen LogP contribution in [0.2, 0.25) is 0 Å². The van der Waals surface area contributed by atoms with E-state index in [0.29, 0.717) is 0 Å². The van der Waals surface area contributed by atoms with Gasteiger partial charge in [-0.05, 0) is 18.2 Å². The lowest BCUT2D eigenvalue weighted by Crippen LogP contribution is -2.06. The Morgan fingerprint density at radius 1 is 1.43 bits per heavy atom. The monoisotopic (exact) mass is 188 g/mol. The van der Waals surface area contributed by atoms with Gasteiger partial charge in [0.05, 0.1) is 17.4 Å². The second-order valence-electron chi connectivity index (χ2n) is 3.65. The van der Waals surface area contributed by atoms with Gasteiger partial charge in [-0.3, -0.25) is 4.79 Å². The maximum atomic E-state index is 11.7. The number of hydrogen-bond acceptors (Lipinski definition) is 2. The molecular weight excluding hydrogens is 176 g/mol. The summed E-state index contributed by atoms with van der Waals surface area (Å²) in [6.07, 6.45) is 1.63. The Hall–Kier alpha value is -1.64. The number of fused-ring (bicyclic) bond motifs is 1. The summed E-state index contributed by atoms with van der Waals surface area (Å²) in [5, 5.41) is 0. The fraction of sp³-hybridized carbons (Fsp3) is 0.273. The SMILES string of the molecule is CC(C)C(=O)c1ccc2nc[nH]c2c1. The van der Waals surface area contributed by atoms with Gasteiger partial charge in [-0.15, -0.1) is 0 Å².